The highest BCUT2D eigenvalue weighted by Gasteiger charge is 2.20. The van der Waals surface area contributed by atoms with Crippen molar-refractivity contribution in [1.29, 1.82) is 0 Å². The lowest BCUT2D eigenvalue weighted by Gasteiger charge is -2.17. The summed E-state index contributed by atoms with van der Waals surface area (Å²) in [7, 11) is 0. The topological polar surface area (TPSA) is 83.6 Å². The maximum atomic E-state index is 10.6. The zero-order chi connectivity index (χ0) is 12.3. The summed E-state index contributed by atoms with van der Waals surface area (Å²) in [6.45, 7) is 1.82. The predicted molar refractivity (Wildman–Crippen MR) is 61.0 cm³/mol. The van der Waals surface area contributed by atoms with Crippen LogP contribution in [0.2, 0.25) is 5.02 Å². The number of aryl methyl sites for hydroxylation is 1. The molecule has 1 amide bonds. The molecule has 0 fully saturated rings. The van der Waals surface area contributed by atoms with E-state index in [2.05, 4.69) is 0 Å². The lowest BCUT2D eigenvalue weighted by molar-refractivity contribution is -0.121. The number of nitrogens with two attached hydrogens (primary N) is 1. The Bertz CT molecular complexity index is 375. The Balaban J connectivity index is 2.86. The van der Waals surface area contributed by atoms with E-state index >= 15 is 0 Å². The summed E-state index contributed by atoms with van der Waals surface area (Å²) in [6.07, 6.45) is -2.66. The SMILES string of the molecule is Cc1cc(Cl)cc(C(O)C(O)CC(N)=O)c1. The van der Waals surface area contributed by atoms with Crippen LogP contribution in [0.3, 0.4) is 0 Å². The standard InChI is InChI=1S/C11H14ClNO3/c1-6-2-7(4-8(12)3-6)11(16)9(14)5-10(13)15/h2-4,9,11,14,16H,5H2,1H3,(H2,13,15). The van der Waals surface area contributed by atoms with Gasteiger partial charge in [0.15, 0.2) is 0 Å². The second-order valence-electron chi connectivity index (χ2n) is 3.74. The van der Waals surface area contributed by atoms with Gasteiger partial charge in [0.25, 0.3) is 0 Å². The van der Waals surface area contributed by atoms with Crippen LogP contribution in [0.25, 0.3) is 0 Å². The number of hydrogen-bond donors (Lipinski definition) is 3. The van der Waals surface area contributed by atoms with Crippen LogP contribution in [0, 0.1) is 6.92 Å². The van der Waals surface area contributed by atoms with Gasteiger partial charge in [-0.05, 0) is 30.2 Å². The number of rotatable bonds is 4. The second-order valence-corrected chi connectivity index (χ2v) is 4.18. The molecule has 0 bridgehead atoms. The van der Waals surface area contributed by atoms with Gasteiger partial charge in [0.2, 0.25) is 5.91 Å². The van der Waals surface area contributed by atoms with Crippen LogP contribution in [0.1, 0.15) is 23.7 Å². The van der Waals surface area contributed by atoms with Gasteiger partial charge < -0.3 is 15.9 Å². The van der Waals surface area contributed by atoms with Crippen LogP contribution in [0.4, 0.5) is 0 Å². The molecule has 0 aromatic heterocycles. The fraction of sp³-hybridized carbons (Fsp3) is 0.364. The number of aliphatic hydroxyl groups excluding tert-OH is 2. The Hall–Kier alpha value is -1.10. The molecular formula is C11H14ClNO3. The molecule has 5 heteroatoms. The van der Waals surface area contributed by atoms with Crippen molar-refractivity contribution >= 4 is 17.5 Å². The number of primary amides is 1. The summed E-state index contributed by atoms with van der Waals surface area (Å²) in [6, 6.07) is 4.97. The number of benzene rings is 1. The van der Waals surface area contributed by atoms with E-state index in [0.717, 1.165) is 5.56 Å². The molecule has 0 saturated heterocycles. The van der Waals surface area contributed by atoms with Gasteiger partial charge >= 0.3 is 0 Å². The van der Waals surface area contributed by atoms with Crippen LogP contribution in [-0.2, 0) is 4.79 Å². The van der Waals surface area contributed by atoms with E-state index in [4.69, 9.17) is 17.3 Å². The van der Waals surface area contributed by atoms with Gasteiger partial charge in [-0.15, -0.1) is 0 Å². The van der Waals surface area contributed by atoms with Gasteiger partial charge in [-0.25, -0.2) is 0 Å². The first kappa shape index (κ1) is 13.0. The average Bonchev–Trinajstić information content (AvgIpc) is 2.13. The molecule has 1 rings (SSSR count). The van der Waals surface area contributed by atoms with E-state index in [9.17, 15) is 15.0 Å². The highest BCUT2D eigenvalue weighted by atomic mass is 35.5. The quantitative estimate of drug-likeness (QED) is 0.735. The first-order valence-corrected chi connectivity index (χ1v) is 5.19. The third-order valence-electron chi connectivity index (χ3n) is 2.18. The highest BCUT2D eigenvalue weighted by Crippen LogP contribution is 2.23. The van der Waals surface area contributed by atoms with Crippen molar-refractivity contribution in [2.75, 3.05) is 0 Å². The third kappa shape index (κ3) is 3.48. The number of aliphatic hydroxyl groups is 2. The van der Waals surface area contributed by atoms with Gasteiger partial charge in [-0.1, -0.05) is 17.7 Å². The van der Waals surface area contributed by atoms with Crippen molar-refractivity contribution in [3.63, 3.8) is 0 Å². The Labute approximate surface area is 98.6 Å². The van der Waals surface area contributed by atoms with Crippen LogP contribution in [-0.4, -0.2) is 22.2 Å². The van der Waals surface area contributed by atoms with Crippen LogP contribution in [0.15, 0.2) is 18.2 Å². The summed E-state index contributed by atoms with van der Waals surface area (Å²) < 4.78 is 0. The molecule has 0 spiro atoms. The van der Waals surface area contributed by atoms with Gasteiger partial charge in [0, 0.05) is 5.02 Å². The molecule has 88 valence electrons. The molecule has 1 aromatic carbocycles. The predicted octanol–water partition coefficient (Wildman–Crippen LogP) is 0.918. The first-order valence-electron chi connectivity index (χ1n) is 4.81. The Morgan fingerprint density at radius 1 is 1.44 bits per heavy atom. The minimum atomic E-state index is -1.21. The molecule has 0 heterocycles. The normalized spacial score (nSPS) is 14.5. The fourth-order valence-corrected chi connectivity index (χ4v) is 1.77. The number of carbonyl (C=O) groups excluding carboxylic acids is 1. The molecule has 16 heavy (non-hydrogen) atoms. The number of halogens is 1. The highest BCUT2D eigenvalue weighted by molar-refractivity contribution is 6.30. The van der Waals surface area contributed by atoms with Crippen molar-refractivity contribution in [2.45, 2.75) is 25.6 Å². The van der Waals surface area contributed by atoms with Crippen molar-refractivity contribution in [1.82, 2.24) is 0 Å². The largest absolute Gasteiger partial charge is 0.390 e. The molecule has 0 aliphatic rings. The minimum Gasteiger partial charge on any atom is -0.390 e. The zero-order valence-electron chi connectivity index (χ0n) is 8.85. The van der Waals surface area contributed by atoms with E-state index in [-0.39, 0.29) is 6.42 Å². The summed E-state index contributed by atoms with van der Waals surface area (Å²) in [5.41, 5.74) is 6.27. The van der Waals surface area contributed by atoms with Gasteiger partial charge in [0.1, 0.15) is 6.10 Å². The molecule has 0 radical (unpaired) electrons. The summed E-state index contributed by atoms with van der Waals surface area (Å²) in [4.78, 5) is 10.6. The number of hydrogen-bond acceptors (Lipinski definition) is 3. The van der Waals surface area contributed by atoms with Crippen LogP contribution in [0.5, 0.6) is 0 Å². The monoisotopic (exact) mass is 243 g/mol. The summed E-state index contributed by atoms with van der Waals surface area (Å²) >= 11 is 5.82. The van der Waals surface area contributed by atoms with E-state index in [0.29, 0.717) is 10.6 Å². The summed E-state index contributed by atoms with van der Waals surface area (Å²) in [5.74, 6) is -0.662. The molecular weight excluding hydrogens is 230 g/mol. The van der Waals surface area contributed by atoms with Crippen molar-refractivity contribution in [3.05, 3.63) is 34.3 Å². The van der Waals surface area contributed by atoms with Gasteiger partial charge in [0.05, 0.1) is 12.5 Å². The molecule has 0 aliphatic carbocycles. The Kier molecular flexibility index (Phi) is 4.29. The minimum absolute atomic E-state index is 0.285. The maximum absolute atomic E-state index is 10.6. The Morgan fingerprint density at radius 3 is 2.56 bits per heavy atom. The first-order chi connectivity index (χ1) is 7.40. The van der Waals surface area contributed by atoms with E-state index in [1.165, 1.54) is 0 Å². The lowest BCUT2D eigenvalue weighted by Crippen LogP contribution is -2.25. The lowest BCUT2D eigenvalue weighted by atomic mass is 10.0. The third-order valence-corrected chi connectivity index (χ3v) is 2.40. The average molecular weight is 244 g/mol. The molecule has 1 aromatic rings. The van der Waals surface area contributed by atoms with Crippen LogP contribution >= 0.6 is 11.6 Å². The smallest absolute Gasteiger partial charge is 0.220 e. The maximum Gasteiger partial charge on any atom is 0.220 e. The van der Waals surface area contributed by atoms with Crippen molar-refractivity contribution in [3.8, 4) is 0 Å². The molecule has 0 saturated carbocycles. The van der Waals surface area contributed by atoms with Gasteiger partial charge in [-0.2, -0.15) is 0 Å². The molecule has 4 nitrogen and oxygen atoms in total. The molecule has 4 N–H and O–H groups in total. The van der Waals surface area contributed by atoms with E-state index in [1.54, 1.807) is 18.2 Å². The number of carbonyl (C=O) groups is 1. The van der Waals surface area contributed by atoms with E-state index < -0.39 is 18.1 Å². The summed E-state index contributed by atoms with van der Waals surface area (Å²) in [5, 5.41) is 19.8. The fourth-order valence-electron chi connectivity index (χ4n) is 1.48. The zero-order valence-corrected chi connectivity index (χ0v) is 9.61. The van der Waals surface area contributed by atoms with E-state index in [1.807, 2.05) is 6.92 Å². The van der Waals surface area contributed by atoms with Gasteiger partial charge in [-0.3, -0.25) is 4.79 Å². The Morgan fingerprint density at radius 2 is 2.06 bits per heavy atom. The van der Waals surface area contributed by atoms with Crippen molar-refractivity contribution in [2.24, 2.45) is 5.73 Å². The van der Waals surface area contributed by atoms with Crippen molar-refractivity contribution < 1.29 is 15.0 Å². The number of amides is 1. The molecule has 2 unspecified atom stereocenters. The second kappa shape index (κ2) is 5.30. The molecule has 0 aliphatic heterocycles. The van der Waals surface area contributed by atoms with Crippen LogP contribution < -0.4 is 5.73 Å². The molecule has 2 atom stereocenters.